The Morgan fingerprint density at radius 2 is 1.10 bits per heavy atom. The summed E-state index contributed by atoms with van der Waals surface area (Å²) in [7, 11) is 0. The maximum atomic E-state index is 11.3. The predicted molar refractivity (Wildman–Crippen MR) is 96.3 cm³/mol. The first-order chi connectivity index (χ1) is 14.3. The van der Waals surface area contributed by atoms with Gasteiger partial charge >= 0.3 is 23.9 Å². The first kappa shape index (κ1) is 27.2. The molecule has 2 saturated heterocycles. The number of hydrogen-bond donors (Lipinski definition) is 5. The zero-order valence-electron chi connectivity index (χ0n) is 16.2. The molecular weight excluding hydrogens is 424 g/mol. The molecule has 14 heteroatoms. The number of carboxylic acid groups (broad SMARTS) is 4. The van der Waals surface area contributed by atoms with Crippen LogP contribution in [-0.2, 0) is 38.4 Å². The molecule has 2 rings (SSSR count). The van der Waals surface area contributed by atoms with Crippen LogP contribution in [0.25, 0.3) is 0 Å². The normalized spacial score (nSPS) is 15.8. The third-order valence-electron chi connectivity index (χ3n) is 3.73. The van der Waals surface area contributed by atoms with Crippen molar-refractivity contribution in [3.05, 3.63) is 0 Å². The smallest absolute Gasteiger partial charge is 0.326 e. The summed E-state index contributed by atoms with van der Waals surface area (Å²) in [4.78, 5) is 83.9. The number of carbonyl (C=O) groups excluding carboxylic acids is 4. The van der Waals surface area contributed by atoms with Gasteiger partial charge in [0.25, 0.3) is 0 Å². The van der Waals surface area contributed by atoms with Gasteiger partial charge in [-0.1, -0.05) is 0 Å². The molecule has 2 aliphatic rings. The summed E-state index contributed by atoms with van der Waals surface area (Å²) >= 11 is 0. The molecule has 31 heavy (non-hydrogen) atoms. The van der Waals surface area contributed by atoms with Gasteiger partial charge in [0.1, 0.15) is 6.04 Å². The number of hydrogen-bond acceptors (Lipinski definition) is 8. The van der Waals surface area contributed by atoms with Gasteiger partial charge < -0.3 is 20.4 Å². The average Bonchev–Trinajstić information content (AvgIpc) is 3.19. The van der Waals surface area contributed by atoms with Crippen molar-refractivity contribution >= 4 is 47.5 Å². The number of aliphatic carboxylic acids is 4. The van der Waals surface area contributed by atoms with E-state index in [1.165, 1.54) is 0 Å². The zero-order chi connectivity index (χ0) is 24.1. The lowest BCUT2D eigenvalue weighted by Gasteiger charge is -2.21. The van der Waals surface area contributed by atoms with Gasteiger partial charge in [-0.2, -0.15) is 0 Å². The maximum absolute atomic E-state index is 11.3. The Morgan fingerprint density at radius 3 is 1.35 bits per heavy atom. The van der Waals surface area contributed by atoms with E-state index in [4.69, 9.17) is 20.4 Å². The summed E-state index contributed by atoms with van der Waals surface area (Å²) in [6, 6.07) is -1.36. The number of nitrogens with zero attached hydrogens (tertiary/aromatic N) is 1. The average molecular weight is 446 g/mol. The summed E-state index contributed by atoms with van der Waals surface area (Å²) in [6.45, 7) is 0. The molecule has 0 aromatic heterocycles. The number of imide groups is 2. The second kappa shape index (κ2) is 13.4. The molecular formula is C17H22N2O12. The van der Waals surface area contributed by atoms with Crippen LogP contribution in [0.3, 0.4) is 0 Å². The van der Waals surface area contributed by atoms with Gasteiger partial charge in [-0.15, -0.1) is 0 Å². The molecule has 0 aromatic carbocycles. The molecule has 1 atom stereocenters. The SMILES string of the molecule is O=C(O)CCC(=O)O.O=C(O)CCC(C(=O)O)N1C(=O)CCC1=O.O=C1CCC(=O)N1. The molecule has 0 spiro atoms. The van der Waals surface area contributed by atoms with Gasteiger partial charge in [0, 0.05) is 32.1 Å². The van der Waals surface area contributed by atoms with Crippen LogP contribution >= 0.6 is 0 Å². The number of carboxylic acids is 4. The lowest BCUT2D eigenvalue weighted by atomic mass is 10.1. The van der Waals surface area contributed by atoms with Crippen LogP contribution in [0.15, 0.2) is 0 Å². The Balaban J connectivity index is 0.000000499. The van der Waals surface area contributed by atoms with E-state index in [2.05, 4.69) is 5.32 Å². The van der Waals surface area contributed by atoms with Crippen LogP contribution < -0.4 is 5.32 Å². The van der Waals surface area contributed by atoms with E-state index in [9.17, 15) is 38.4 Å². The Morgan fingerprint density at radius 1 is 0.710 bits per heavy atom. The highest BCUT2D eigenvalue weighted by atomic mass is 16.4. The largest absolute Gasteiger partial charge is 0.481 e. The fraction of sp³-hybridized carbons (Fsp3) is 0.529. The molecule has 0 saturated carbocycles. The molecule has 5 N–H and O–H groups in total. The molecule has 2 fully saturated rings. The number of likely N-dealkylation sites (tertiary alicyclic amines) is 1. The third kappa shape index (κ3) is 11.7. The van der Waals surface area contributed by atoms with Gasteiger partial charge in [0.2, 0.25) is 23.6 Å². The van der Waals surface area contributed by atoms with Gasteiger partial charge in [-0.3, -0.25) is 43.8 Å². The molecule has 0 bridgehead atoms. The lowest BCUT2D eigenvalue weighted by molar-refractivity contribution is -0.155. The Kier molecular flexibility index (Phi) is 11.7. The topological polar surface area (TPSA) is 233 Å². The second-order valence-electron chi connectivity index (χ2n) is 6.20. The molecule has 1 unspecified atom stereocenters. The van der Waals surface area contributed by atoms with Crippen molar-refractivity contribution in [3.63, 3.8) is 0 Å². The van der Waals surface area contributed by atoms with E-state index < -0.39 is 48.2 Å². The highest BCUT2D eigenvalue weighted by Gasteiger charge is 2.38. The van der Waals surface area contributed by atoms with Crippen molar-refractivity contribution in [2.75, 3.05) is 0 Å². The Hall–Kier alpha value is -3.84. The zero-order valence-corrected chi connectivity index (χ0v) is 16.2. The highest BCUT2D eigenvalue weighted by Crippen LogP contribution is 2.18. The van der Waals surface area contributed by atoms with Crippen molar-refractivity contribution in [1.29, 1.82) is 0 Å². The quantitative estimate of drug-likeness (QED) is 0.277. The van der Waals surface area contributed by atoms with E-state index in [0.29, 0.717) is 17.7 Å². The first-order valence-electron chi connectivity index (χ1n) is 8.90. The minimum atomic E-state index is -1.36. The van der Waals surface area contributed by atoms with Crippen LogP contribution in [0.1, 0.15) is 51.4 Å². The van der Waals surface area contributed by atoms with Crippen LogP contribution in [0.5, 0.6) is 0 Å². The fourth-order valence-corrected chi connectivity index (χ4v) is 2.29. The van der Waals surface area contributed by atoms with Crippen LogP contribution in [0.4, 0.5) is 0 Å². The molecule has 172 valence electrons. The van der Waals surface area contributed by atoms with Crippen molar-refractivity contribution < 1.29 is 58.8 Å². The number of rotatable bonds is 8. The van der Waals surface area contributed by atoms with Crippen molar-refractivity contribution in [2.24, 2.45) is 0 Å². The summed E-state index contributed by atoms with van der Waals surface area (Å²) in [5, 5.41) is 35.2. The Bertz CT molecular complexity index is 716. The summed E-state index contributed by atoms with van der Waals surface area (Å²) in [6.07, 6.45) is -0.510. The minimum absolute atomic E-state index is 0.00428. The maximum Gasteiger partial charge on any atom is 0.326 e. The van der Waals surface area contributed by atoms with E-state index in [-0.39, 0.29) is 43.9 Å². The third-order valence-corrected chi connectivity index (χ3v) is 3.73. The van der Waals surface area contributed by atoms with E-state index in [1.807, 2.05) is 0 Å². The number of amides is 4. The molecule has 0 aliphatic carbocycles. The molecule has 2 heterocycles. The Labute approximate surface area is 174 Å². The van der Waals surface area contributed by atoms with Gasteiger partial charge in [0.05, 0.1) is 12.8 Å². The molecule has 0 aromatic rings. The second-order valence-corrected chi connectivity index (χ2v) is 6.20. The van der Waals surface area contributed by atoms with E-state index >= 15 is 0 Å². The molecule has 2 aliphatic heterocycles. The van der Waals surface area contributed by atoms with Crippen LogP contribution in [0.2, 0.25) is 0 Å². The molecule has 0 radical (unpaired) electrons. The van der Waals surface area contributed by atoms with Crippen molar-refractivity contribution in [2.45, 2.75) is 57.4 Å². The first-order valence-corrected chi connectivity index (χ1v) is 8.90. The lowest BCUT2D eigenvalue weighted by Crippen LogP contribution is -2.44. The minimum Gasteiger partial charge on any atom is -0.481 e. The molecule has 14 nitrogen and oxygen atoms in total. The summed E-state index contributed by atoms with van der Waals surface area (Å²) < 4.78 is 0. The number of nitrogens with one attached hydrogen (secondary N) is 1. The van der Waals surface area contributed by atoms with Gasteiger partial charge in [-0.25, -0.2) is 4.79 Å². The van der Waals surface area contributed by atoms with Crippen molar-refractivity contribution in [3.8, 4) is 0 Å². The van der Waals surface area contributed by atoms with Gasteiger partial charge in [0.15, 0.2) is 0 Å². The van der Waals surface area contributed by atoms with E-state index in [0.717, 1.165) is 0 Å². The molecule has 4 amide bonds. The monoisotopic (exact) mass is 446 g/mol. The standard InChI is InChI=1S/C9H11NO6.C4H5NO2.C4H6O4/c11-6-2-3-7(12)10(6)5(9(15)16)1-4-8(13)14;6-3-1-2-4(7)5-3;5-3(6)1-2-4(7)8/h5H,1-4H2,(H,13,14)(H,15,16);1-2H2,(H,5,6,7);1-2H2,(H,5,6)(H,7,8). The van der Waals surface area contributed by atoms with Crippen LogP contribution in [-0.4, -0.2) is 78.9 Å². The van der Waals surface area contributed by atoms with E-state index in [1.54, 1.807) is 0 Å². The number of carbonyl (C=O) groups is 8. The predicted octanol–water partition coefficient (Wildman–Crippen LogP) is -1.19. The van der Waals surface area contributed by atoms with Crippen molar-refractivity contribution in [1.82, 2.24) is 10.2 Å². The summed E-state index contributed by atoms with van der Waals surface area (Å²) in [5.41, 5.74) is 0. The van der Waals surface area contributed by atoms with Crippen LogP contribution in [0, 0.1) is 0 Å². The summed E-state index contributed by atoms with van der Waals surface area (Å²) in [5.74, 6) is -6.07. The van der Waals surface area contributed by atoms with Gasteiger partial charge in [-0.05, 0) is 6.42 Å². The highest BCUT2D eigenvalue weighted by molar-refractivity contribution is 6.05. The fourth-order valence-electron chi connectivity index (χ4n) is 2.29.